The van der Waals surface area contributed by atoms with Gasteiger partial charge in [-0.25, -0.2) is 14.8 Å². The van der Waals surface area contributed by atoms with Crippen molar-refractivity contribution in [3.63, 3.8) is 0 Å². The summed E-state index contributed by atoms with van der Waals surface area (Å²) in [5.74, 6) is 0.470. The normalized spacial score (nSPS) is 11.1. The summed E-state index contributed by atoms with van der Waals surface area (Å²) in [6.45, 7) is 6.14. The summed E-state index contributed by atoms with van der Waals surface area (Å²) in [7, 11) is 0. The molecule has 0 bridgehead atoms. The third kappa shape index (κ3) is 4.05. The van der Waals surface area contributed by atoms with Gasteiger partial charge in [0.1, 0.15) is 10.7 Å². The molecular weight excluding hydrogens is 360 g/mol. The highest BCUT2D eigenvalue weighted by atomic mass is 35.5. The third-order valence-corrected chi connectivity index (χ3v) is 4.55. The molecule has 0 aliphatic carbocycles. The number of nitrogens with zero attached hydrogens (tertiary/aromatic N) is 3. The molecule has 0 saturated heterocycles. The quantitative estimate of drug-likeness (QED) is 0.517. The van der Waals surface area contributed by atoms with E-state index in [1.807, 2.05) is 38.1 Å². The summed E-state index contributed by atoms with van der Waals surface area (Å²) in [4.78, 5) is 25.5. The average Bonchev–Trinajstić information content (AvgIpc) is 2.93. The number of halogens is 1. The Morgan fingerprint density at radius 1 is 1.28 bits per heavy atom. The maximum atomic E-state index is 12.2. The Morgan fingerprint density at radius 2 is 2.04 bits per heavy atom. The van der Waals surface area contributed by atoms with Crippen LogP contribution in [0.15, 0.2) is 24.3 Å². The number of carbonyl (C=O) groups excluding carboxylic acids is 1. The van der Waals surface area contributed by atoms with Crippen molar-refractivity contribution >= 4 is 50.8 Å². The Hall–Kier alpha value is -2.25. The van der Waals surface area contributed by atoms with Crippen molar-refractivity contribution in [1.29, 1.82) is 0 Å². The lowest BCUT2D eigenvalue weighted by Gasteiger charge is -2.06. The Balaban J connectivity index is 1.87. The minimum absolute atomic E-state index is 0.144. The first kappa shape index (κ1) is 17.6. The van der Waals surface area contributed by atoms with Crippen molar-refractivity contribution in [2.45, 2.75) is 20.8 Å². The number of ether oxygens (including phenoxy) is 1. The topological polar surface area (TPSA) is 77.0 Å². The molecular formula is C17H17ClN4O2S. The van der Waals surface area contributed by atoms with Crippen LogP contribution >= 0.6 is 22.9 Å². The Kier molecular flexibility index (Phi) is 5.15. The van der Waals surface area contributed by atoms with Gasteiger partial charge in [-0.3, -0.25) is 0 Å². The third-order valence-electron chi connectivity index (χ3n) is 3.33. The second-order valence-corrected chi connectivity index (χ2v) is 7.25. The SMILES string of the molecule is Cc1nc(Nc2nc(Cl)nc3ccccc23)sc1C(=O)OCC(C)C. The minimum atomic E-state index is -0.359. The largest absolute Gasteiger partial charge is 0.461 e. The average molecular weight is 377 g/mol. The fourth-order valence-corrected chi connectivity index (χ4v) is 3.23. The summed E-state index contributed by atoms with van der Waals surface area (Å²) >= 11 is 7.22. The van der Waals surface area contributed by atoms with Crippen LogP contribution in [0.5, 0.6) is 0 Å². The lowest BCUT2D eigenvalue weighted by atomic mass is 10.2. The van der Waals surface area contributed by atoms with Crippen LogP contribution in [0.2, 0.25) is 5.28 Å². The van der Waals surface area contributed by atoms with E-state index in [1.165, 1.54) is 11.3 Å². The molecule has 2 aromatic heterocycles. The molecule has 0 saturated carbocycles. The Labute approximate surface area is 154 Å². The number of aryl methyl sites for hydroxylation is 1. The number of thiazole rings is 1. The second kappa shape index (κ2) is 7.33. The van der Waals surface area contributed by atoms with Crippen LogP contribution in [0, 0.1) is 12.8 Å². The van der Waals surface area contributed by atoms with Gasteiger partial charge in [0.25, 0.3) is 0 Å². The molecule has 0 aliphatic heterocycles. The minimum Gasteiger partial charge on any atom is -0.461 e. The standard InChI is InChI=1S/C17H17ClN4O2S/c1-9(2)8-24-15(23)13-10(3)19-17(25-13)22-14-11-6-4-5-7-12(11)20-16(18)21-14/h4-7,9H,8H2,1-3H3,(H,19,20,21,22). The smallest absolute Gasteiger partial charge is 0.350 e. The van der Waals surface area contributed by atoms with Gasteiger partial charge in [0, 0.05) is 5.39 Å². The zero-order valence-corrected chi connectivity index (χ0v) is 15.6. The molecule has 1 N–H and O–H groups in total. The summed E-state index contributed by atoms with van der Waals surface area (Å²) in [5, 5.41) is 4.65. The maximum absolute atomic E-state index is 12.2. The lowest BCUT2D eigenvalue weighted by molar-refractivity contribution is 0.0463. The van der Waals surface area contributed by atoms with Gasteiger partial charge in [-0.2, -0.15) is 4.98 Å². The van der Waals surface area contributed by atoms with E-state index in [9.17, 15) is 4.79 Å². The molecule has 2 heterocycles. The van der Waals surface area contributed by atoms with Crippen molar-refractivity contribution in [3.8, 4) is 0 Å². The number of anilines is 2. The number of esters is 1. The molecule has 3 rings (SSSR count). The van der Waals surface area contributed by atoms with Gasteiger partial charge >= 0.3 is 5.97 Å². The first-order chi connectivity index (χ1) is 11.9. The van der Waals surface area contributed by atoms with Crippen molar-refractivity contribution in [2.24, 2.45) is 5.92 Å². The van der Waals surface area contributed by atoms with E-state index < -0.39 is 0 Å². The van der Waals surface area contributed by atoms with Gasteiger partial charge in [-0.15, -0.1) is 0 Å². The highest BCUT2D eigenvalue weighted by molar-refractivity contribution is 7.17. The van der Waals surface area contributed by atoms with Gasteiger partial charge in [0.05, 0.1) is 17.8 Å². The van der Waals surface area contributed by atoms with Crippen molar-refractivity contribution in [2.75, 3.05) is 11.9 Å². The van der Waals surface area contributed by atoms with E-state index in [1.54, 1.807) is 6.92 Å². The summed E-state index contributed by atoms with van der Waals surface area (Å²) in [5.41, 5.74) is 1.35. The Morgan fingerprint density at radius 3 is 2.80 bits per heavy atom. The van der Waals surface area contributed by atoms with E-state index in [0.29, 0.717) is 28.1 Å². The molecule has 25 heavy (non-hydrogen) atoms. The van der Waals surface area contributed by atoms with Gasteiger partial charge in [-0.05, 0) is 36.6 Å². The molecule has 0 spiro atoms. The second-order valence-electron chi connectivity index (χ2n) is 5.91. The van der Waals surface area contributed by atoms with Gasteiger partial charge in [0.15, 0.2) is 5.13 Å². The van der Waals surface area contributed by atoms with Crippen molar-refractivity contribution < 1.29 is 9.53 Å². The van der Waals surface area contributed by atoms with Crippen LogP contribution in [0.25, 0.3) is 10.9 Å². The van der Waals surface area contributed by atoms with E-state index in [4.69, 9.17) is 16.3 Å². The first-order valence-corrected chi connectivity index (χ1v) is 8.97. The van der Waals surface area contributed by atoms with Crippen LogP contribution in [0.1, 0.15) is 29.2 Å². The highest BCUT2D eigenvalue weighted by Crippen LogP contribution is 2.29. The summed E-state index contributed by atoms with van der Waals surface area (Å²) in [6, 6.07) is 7.53. The van der Waals surface area contributed by atoms with Crippen LogP contribution in [0.4, 0.5) is 10.9 Å². The van der Waals surface area contributed by atoms with E-state index in [2.05, 4.69) is 20.3 Å². The number of aromatic nitrogens is 3. The maximum Gasteiger partial charge on any atom is 0.350 e. The molecule has 8 heteroatoms. The van der Waals surface area contributed by atoms with E-state index >= 15 is 0 Å². The van der Waals surface area contributed by atoms with Gasteiger partial charge < -0.3 is 10.1 Å². The number of fused-ring (bicyclic) bond motifs is 1. The number of para-hydroxylation sites is 1. The molecule has 0 radical (unpaired) electrons. The molecule has 0 aliphatic rings. The van der Waals surface area contributed by atoms with Crippen LogP contribution < -0.4 is 5.32 Å². The first-order valence-electron chi connectivity index (χ1n) is 7.78. The van der Waals surface area contributed by atoms with E-state index in [0.717, 1.165) is 10.9 Å². The van der Waals surface area contributed by atoms with Gasteiger partial charge in [0.2, 0.25) is 5.28 Å². The monoisotopic (exact) mass is 376 g/mol. The number of rotatable bonds is 5. The molecule has 3 aromatic rings. The van der Waals surface area contributed by atoms with Crippen LogP contribution in [-0.2, 0) is 4.74 Å². The number of nitrogens with one attached hydrogen (secondary N) is 1. The van der Waals surface area contributed by atoms with Crippen molar-refractivity contribution in [3.05, 3.63) is 40.1 Å². The van der Waals surface area contributed by atoms with E-state index in [-0.39, 0.29) is 17.2 Å². The predicted octanol–water partition coefficient (Wildman–Crippen LogP) is 4.60. The zero-order valence-electron chi connectivity index (χ0n) is 14.0. The zero-order chi connectivity index (χ0) is 18.0. The number of hydrogen-bond acceptors (Lipinski definition) is 7. The highest BCUT2D eigenvalue weighted by Gasteiger charge is 2.18. The summed E-state index contributed by atoms with van der Waals surface area (Å²) in [6.07, 6.45) is 0. The molecule has 1 aromatic carbocycles. The molecule has 130 valence electrons. The van der Waals surface area contributed by atoms with Crippen molar-refractivity contribution in [1.82, 2.24) is 15.0 Å². The predicted molar refractivity (Wildman–Crippen MR) is 99.8 cm³/mol. The lowest BCUT2D eigenvalue weighted by Crippen LogP contribution is -2.09. The molecule has 0 amide bonds. The van der Waals surface area contributed by atoms with Crippen LogP contribution in [0.3, 0.4) is 0 Å². The van der Waals surface area contributed by atoms with Crippen LogP contribution in [-0.4, -0.2) is 27.5 Å². The number of benzene rings is 1. The fraction of sp³-hybridized carbons (Fsp3) is 0.294. The number of hydrogen-bond donors (Lipinski definition) is 1. The fourth-order valence-electron chi connectivity index (χ4n) is 2.19. The number of carbonyl (C=O) groups is 1. The molecule has 0 atom stereocenters. The Bertz CT molecular complexity index is 926. The summed E-state index contributed by atoms with van der Waals surface area (Å²) < 4.78 is 5.28. The van der Waals surface area contributed by atoms with Gasteiger partial charge in [-0.1, -0.05) is 37.3 Å². The molecule has 6 nitrogen and oxygen atoms in total. The molecule has 0 fully saturated rings. The molecule has 0 unspecified atom stereocenters.